The van der Waals surface area contributed by atoms with E-state index in [1.54, 1.807) is 23.5 Å². The normalized spacial score (nSPS) is 12.8. The van der Waals surface area contributed by atoms with Crippen molar-refractivity contribution in [1.82, 2.24) is 5.32 Å². The molecule has 136 valence electrons. The van der Waals surface area contributed by atoms with Crippen molar-refractivity contribution in [2.24, 2.45) is 5.14 Å². The van der Waals surface area contributed by atoms with Crippen LogP contribution in [0.3, 0.4) is 0 Å². The van der Waals surface area contributed by atoms with Crippen LogP contribution in [-0.4, -0.2) is 14.3 Å². The van der Waals surface area contributed by atoms with Crippen molar-refractivity contribution in [1.29, 1.82) is 0 Å². The van der Waals surface area contributed by atoms with Gasteiger partial charge in [-0.3, -0.25) is 4.79 Å². The summed E-state index contributed by atoms with van der Waals surface area (Å²) in [5, 5.41) is 8.07. The monoisotopic (exact) mass is 380 g/mol. The topological polar surface area (TPSA) is 89.3 Å². The third-order valence-electron chi connectivity index (χ3n) is 4.03. The molecule has 0 aliphatic heterocycles. The van der Waals surface area contributed by atoms with E-state index in [2.05, 4.69) is 19.2 Å². The van der Waals surface area contributed by atoms with E-state index >= 15 is 0 Å². The summed E-state index contributed by atoms with van der Waals surface area (Å²) in [7, 11) is -3.71. The molecule has 2 rings (SSSR count). The zero-order valence-corrected chi connectivity index (χ0v) is 16.3. The molecule has 3 N–H and O–H groups in total. The molecule has 0 fully saturated rings. The van der Waals surface area contributed by atoms with Crippen molar-refractivity contribution in [3.63, 3.8) is 0 Å². The summed E-state index contributed by atoms with van der Waals surface area (Å²) in [5.74, 6) is -0.106. The number of nitrogens with one attached hydrogen (secondary N) is 1. The van der Waals surface area contributed by atoms with Crippen molar-refractivity contribution in [3.05, 3.63) is 51.2 Å². The van der Waals surface area contributed by atoms with E-state index in [0.717, 1.165) is 24.8 Å². The first-order valence-corrected chi connectivity index (χ1v) is 10.7. The van der Waals surface area contributed by atoms with Crippen LogP contribution >= 0.6 is 11.3 Å². The van der Waals surface area contributed by atoms with E-state index in [-0.39, 0.29) is 16.8 Å². The summed E-state index contributed by atoms with van der Waals surface area (Å²) in [6, 6.07) is 7.98. The van der Waals surface area contributed by atoms with E-state index in [1.165, 1.54) is 22.6 Å². The largest absolute Gasteiger partial charge is 0.345 e. The molecule has 0 bridgehead atoms. The van der Waals surface area contributed by atoms with E-state index in [9.17, 15) is 13.2 Å². The highest BCUT2D eigenvalue weighted by Crippen LogP contribution is 2.25. The van der Waals surface area contributed by atoms with Crippen LogP contribution in [0.4, 0.5) is 0 Å². The predicted molar refractivity (Wildman–Crippen MR) is 101 cm³/mol. The smallest absolute Gasteiger partial charge is 0.261 e. The molecular weight excluding hydrogens is 356 g/mol. The molecule has 0 aliphatic carbocycles. The van der Waals surface area contributed by atoms with Crippen LogP contribution in [-0.2, 0) is 22.9 Å². The third-order valence-corrected chi connectivity index (χ3v) is 6.20. The number of sulfonamides is 1. The number of rotatable bonds is 7. The van der Waals surface area contributed by atoms with Crippen LogP contribution in [0.2, 0.25) is 0 Å². The Bertz CT molecular complexity index is 840. The standard InChI is InChI=1S/C18H24N2O3S2/c1-4-6-16-13(5-2)11-17(24-16)18(21)20-12(3)14-7-9-15(10-8-14)25(19,22)23/h7-12H,4-6H2,1-3H3,(H,20,21)(H2,19,22,23). The van der Waals surface area contributed by atoms with Crippen molar-refractivity contribution in [3.8, 4) is 0 Å². The number of aryl methyl sites for hydroxylation is 2. The maximum atomic E-state index is 12.5. The fraction of sp³-hybridized carbons (Fsp3) is 0.389. The van der Waals surface area contributed by atoms with Crippen molar-refractivity contribution < 1.29 is 13.2 Å². The molecule has 25 heavy (non-hydrogen) atoms. The number of hydrogen-bond acceptors (Lipinski definition) is 4. The highest BCUT2D eigenvalue weighted by molar-refractivity contribution is 7.89. The lowest BCUT2D eigenvalue weighted by Gasteiger charge is -2.14. The van der Waals surface area contributed by atoms with Crippen LogP contribution < -0.4 is 10.5 Å². The second kappa shape index (κ2) is 8.12. The summed E-state index contributed by atoms with van der Waals surface area (Å²) in [6.45, 7) is 6.09. The Labute approximate surface area is 153 Å². The molecule has 1 aromatic carbocycles. The number of carbonyl (C=O) groups is 1. The van der Waals surface area contributed by atoms with Crippen molar-refractivity contribution in [2.75, 3.05) is 0 Å². The molecule has 1 aromatic heterocycles. The third kappa shape index (κ3) is 4.90. The molecule has 5 nitrogen and oxygen atoms in total. The molecule has 0 spiro atoms. The van der Waals surface area contributed by atoms with Gasteiger partial charge in [-0.1, -0.05) is 32.4 Å². The molecule has 1 amide bonds. The first kappa shape index (κ1) is 19.6. The number of benzene rings is 1. The molecular formula is C18H24N2O3S2. The van der Waals surface area contributed by atoms with Crippen LogP contribution in [0.5, 0.6) is 0 Å². The van der Waals surface area contributed by atoms with Gasteiger partial charge in [-0.15, -0.1) is 11.3 Å². The Morgan fingerprint density at radius 2 is 1.88 bits per heavy atom. The molecule has 0 aliphatic rings. The van der Waals surface area contributed by atoms with Crippen molar-refractivity contribution >= 4 is 27.3 Å². The van der Waals surface area contributed by atoms with Crippen molar-refractivity contribution in [2.45, 2.75) is 51.0 Å². The predicted octanol–water partition coefficient (Wildman–Crippen LogP) is 3.40. The minimum atomic E-state index is -3.71. The van der Waals surface area contributed by atoms with Gasteiger partial charge in [-0.25, -0.2) is 13.6 Å². The fourth-order valence-electron chi connectivity index (χ4n) is 2.61. The highest BCUT2D eigenvalue weighted by atomic mass is 32.2. The van der Waals surface area contributed by atoms with Gasteiger partial charge in [0.25, 0.3) is 5.91 Å². The quantitative estimate of drug-likeness (QED) is 0.771. The molecule has 7 heteroatoms. The Balaban J connectivity index is 2.12. The average Bonchev–Trinajstić information content (AvgIpc) is 2.97. The Kier molecular flexibility index (Phi) is 6.37. The number of nitrogens with two attached hydrogens (primary N) is 1. The van der Waals surface area contributed by atoms with Gasteiger partial charge in [0.2, 0.25) is 10.0 Å². The Hall–Kier alpha value is -1.70. The van der Waals surface area contributed by atoms with Crippen LogP contribution in [0, 0.1) is 0 Å². The minimum Gasteiger partial charge on any atom is -0.345 e. The van der Waals surface area contributed by atoms with Crippen LogP contribution in [0.1, 0.15) is 58.9 Å². The summed E-state index contributed by atoms with van der Waals surface area (Å²) >= 11 is 1.55. The molecule has 2 aromatic rings. The van der Waals surface area contributed by atoms with Gasteiger partial charge in [-0.05, 0) is 49.1 Å². The van der Waals surface area contributed by atoms with E-state index in [1.807, 2.05) is 13.0 Å². The van der Waals surface area contributed by atoms with Gasteiger partial charge in [-0.2, -0.15) is 0 Å². The van der Waals surface area contributed by atoms with Gasteiger partial charge in [0.05, 0.1) is 15.8 Å². The van der Waals surface area contributed by atoms with E-state index < -0.39 is 10.0 Å². The average molecular weight is 381 g/mol. The molecule has 1 heterocycles. The lowest BCUT2D eigenvalue weighted by molar-refractivity contribution is 0.0944. The number of carbonyl (C=O) groups excluding carboxylic acids is 1. The van der Waals surface area contributed by atoms with Gasteiger partial charge in [0, 0.05) is 4.88 Å². The zero-order valence-electron chi connectivity index (χ0n) is 14.7. The Morgan fingerprint density at radius 3 is 2.40 bits per heavy atom. The minimum absolute atomic E-state index is 0.0600. The Morgan fingerprint density at radius 1 is 1.24 bits per heavy atom. The molecule has 1 unspecified atom stereocenters. The highest BCUT2D eigenvalue weighted by Gasteiger charge is 2.17. The van der Waals surface area contributed by atoms with Gasteiger partial charge >= 0.3 is 0 Å². The van der Waals surface area contributed by atoms with Crippen LogP contribution in [0.15, 0.2) is 35.2 Å². The lowest BCUT2D eigenvalue weighted by Crippen LogP contribution is -2.26. The number of amides is 1. The number of primary sulfonamides is 1. The lowest BCUT2D eigenvalue weighted by atomic mass is 10.1. The molecule has 0 saturated heterocycles. The maximum absolute atomic E-state index is 12.5. The fourth-order valence-corrected chi connectivity index (χ4v) is 4.39. The van der Waals surface area contributed by atoms with Crippen LogP contribution in [0.25, 0.3) is 0 Å². The maximum Gasteiger partial charge on any atom is 0.261 e. The number of hydrogen-bond donors (Lipinski definition) is 2. The van der Waals surface area contributed by atoms with E-state index in [0.29, 0.717) is 4.88 Å². The number of thiophene rings is 1. The summed E-state index contributed by atoms with van der Waals surface area (Å²) in [5.41, 5.74) is 2.06. The molecule has 0 radical (unpaired) electrons. The summed E-state index contributed by atoms with van der Waals surface area (Å²) in [6.07, 6.45) is 2.97. The summed E-state index contributed by atoms with van der Waals surface area (Å²) in [4.78, 5) is 14.6. The molecule has 0 saturated carbocycles. The van der Waals surface area contributed by atoms with E-state index in [4.69, 9.17) is 5.14 Å². The SMILES string of the molecule is CCCc1sc(C(=O)NC(C)c2ccc(S(N)(=O)=O)cc2)cc1CC. The second-order valence-electron chi connectivity index (χ2n) is 5.97. The summed E-state index contributed by atoms with van der Waals surface area (Å²) < 4.78 is 22.6. The zero-order chi connectivity index (χ0) is 18.6. The van der Waals surface area contributed by atoms with Gasteiger partial charge in [0.1, 0.15) is 0 Å². The van der Waals surface area contributed by atoms with Gasteiger partial charge in [0.15, 0.2) is 0 Å². The molecule has 1 atom stereocenters. The first-order valence-electron chi connectivity index (χ1n) is 8.31. The van der Waals surface area contributed by atoms with Gasteiger partial charge < -0.3 is 5.32 Å². The second-order valence-corrected chi connectivity index (χ2v) is 8.67. The first-order chi connectivity index (χ1) is 11.8.